The molecule has 136 valence electrons. The molecule has 0 saturated heterocycles. The highest BCUT2D eigenvalue weighted by atomic mass is 16.5. The fraction of sp³-hybridized carbons (Fsp3) is 0.174. The number of carbonyl (C=O) groups is 1. The molecular formula is C23H22N2O2. The Morgan fingerprint density at radius 2 is 1.67 bits per heavy atom. The fourth-order valence-electron chi connectivity index (χ4n) is 3.48. The first-order chi connectivity index (χ1) is 13.2. The first kappa shape index (κ1) is 17.2. The molecule has 4 aromatic rings. The lowest BCUT2D eigenvalue weighted by Gasteiger charge is -2.12. The molecule has 0 amide bonds. The smallest absolute Gasteiger partial charge is 0.357 e. The zero-order chi connectivity index (χ0) is 18.8. The zero-order valence-electron chi connectivity index (χ0n) is 15.6. The molecule has 0 unspecified atom stereocenters. The van der Waals surface area contributed by atoms with E-state index in [0.717, 1.165) is 22.2 Å². The predicted octanol–water partition coefficient (Wildman–Crippen LogP) is 4.97. The number of carbonyl (C=O) groups excluding carboxylic acids is 1. The maximum atomic E-state index is 12.9. The Labute approximate surface area is 158 Å². The summed E-state index contributed by atoms with van der Waals surface area (Å²) in [6.07, 6.45) is 3.92. The average Bonchev–Trinajstić information content (AvgIpc) is 3.30. The number of para-hydroxylation sites is 1. The molecule has 4 nitrogen and oxygen atoms in total. The maximum absolute atomic E-state index is 12.9. The van der Waals surface area contributed by atoms with Crippen molar-refractivity contribution < 1.29 is 9.53 Å². The zero-order valence-corrected chi connectivity index (χ0v) is 15.6. The van der Waals surface area contributed by atoms with Crippen LogP contribution >= 0.6 is 0 Å². The second-order valence-corrected chi connectivity index (χ2v) is 6.60. The van der Waals surface area contributed by atoms with Crippen LogP contribution < -0.4 is 0 Å². The van der Waals surface area contributed by atoms with Crippen LogP contribution in [0.5, 0.6) is 0 Å². The highest BCUT2D eigenvalue weighted by Crippen LogP contribution is 2.31. The van der Waals surface area contributed by atoms with Crippen LogP contribution in [-0.2, 0) is 11.3 Å². The molecule has 2 heterocycles. The van der Waals surface area contributed by atoms with Crippen LogP contribution in [0.15, 0.2) is 73.1 Å². The topological polar surface area (TPSA) is 36.2 Å². The van der Waals surface area contributed by atoms with Crippen molar-refractivity contribution in [2.75, 3.05) is 6.61 Å². The Hall–Kier alpha value is -3.27. The highest BCUT2D eigenvalue weighted by Gasteiger charge is 2.24. The van der Waals surface area contributed by atoms with Crippen molar-refractivity contribution in [2.24, 2.45) is 0 Å². The molecule has 0 atom stereocenters. The molecule has 0 aliphatic carbocycles. The lowest BCUT2D eigenvalue weighted by molar-refractivity contribution is 0.0515. The van der Waals surface area contributed by atoms with Gasteiger partial charge in [-0.2, -0.15) is 0 Å². The van der Waals surface area contributed by atoms with E-state index >= 15 is 0 Å². The average molecular weight is 358 g/mol. The van der Waals surface area contributed by atoms with Crippen LogP contribution in [0.1, 0.15) is 28.5 Å². The van der Waals surface area contributed by atoms with Gasteiger partial charge in [0.05, 0.1) is 17.8 Å². The minimum absolute atomic E-state index is 0.301. The lowest BCUT2D eigenvalue weighted by Crippen LogP contribution is -2.15. The summed E-state index contributed by atoms with van der Waals surface area (Å²) in [5, 5.41) is 1.03. The molecule has 4 heteroatoms. The SMILES string of the molecule is CCOC(=O)c1c(-n2cccc2)c2ccccc2n1Cc1ccc(C)cc1. The van der Waals surface area contributed by atoms with Crippen molar-refractivity contribution in [3.05, 3.63) is 89.9 Å². The van der Waals surface area contributed by atoms with Gasteiger partial charge in [-0.25, -0.2) is 4.79 Å². The molecule has 0 saturated carbocycles. The summed E-state index contributed by atoms with van der Waals surface area (Å²) in [4.78, 5) is 12.9. The van der Waals surface area contributed by atoms with Crippen molar-refractivity contribution >= 4 is 16.9 Å². The number of esters is 1. The number of hydrogen-bond donors (Lipinski definition) is 0. The number of aromatic nitrogens is 2. The monoisotopic (exact) mass is 358 g/mol. The molecule has 0 bridgehead atoms. The van der Waals surface area contributed by atoms with Crippen molar-refractivity contribution in [2.45, 2.75) is 20.4 Å². The van der Waals surface area contributed by atoms with E-state index in [4.69, 9.17) is 4.74 Å². The minimum Gasteiger partial charge on any atom is -0.461 e. The molecule has 2 aromatic heterocycles. The van der Waals surface area contributed by atoms with E-state index in [1.54, 1.807) is 0 Å². The van der Waals surface area contributed by atoms with Crippen LogP contribution in [-0.4, -0.2) is 21.7 Å². The Balaban J connectivity index is 1.97. The van der Waals surface area contributed by atoms with E-state index in [9.17, 15) is 4.79 Å². The summed E-state index contributed by atoms with van der Waals surface area (Å²) >= 11 is 0. The van der Waals surface area contributed by atoms with E-state index in [-0.39, 0.29) is 5.97 Å². The van der Waals surface area contributed by atoms with Gasteiger partial charge < -0.3 is 13.9 Å². The maximum Gasteiger partial charge on any atom is 0.357 e. The van der Waals surface area contributed by atoms with E-state index in [1.807, 2.05) is 48.1 Å². The van der Waals surface area contributed by atoms with Gasteiger partial charge in [0.1, 0.15) is 0 Å². The third kappa shape index (κ3) is 3.14. The summed E-state index contributed by atoms with van der Waals surface area (Å²) in [6.45, 7) is 4.86. The Morgan fingerprint density at radius 3 is 2.37 bits per heavy atom. The summed E-state index contributed by atoms with van der Waals surface area (Å²) in [5.74, 6) is -0.301. The van der Waals surface area contributed by atoms with Gasteiger partial charge >= 0.3 is 5.97 Å². The van der Waals surface area contributed by atoms with Crippen molar-refractivity contribution in [3.8, 4) is 5.69 Å². The molecule has 0 N–H and O–H groups in total. The van der Waals surface area contributed by atoms with Crippen molar-refractivity contribution in [1.29, 1.82) is 0 Å². The van der Waals surface area contributed by atoms with Crippen LogP contribution in [0.2, 0.25) is 0 Å². The molecular weight excluding hydrogens is 336 g/mol. The fourth-order valence-corrected chi connectivity index (χ4v) is 3.48. The minimum atomic E-state index is -0.301. The molecule has 0 aliphatic heterocycles. The van der Waals surface area contributed by atoms with Crippen molar-refractivity contribution in [1.82, 2.24) is 9.13 Å². The highest BCUT2D eigenvalue weighted by molar-refractivity contribution is 6.03. The first-order valence-electron chi connectivity index (χ1n) is 9.16. The second kappa shape index (κ2) is 7.16. The third-order valence-corrected chi connectivity index (χ3v) is 4.74. The van der Waals surface area contributed by atoms with E-state index in [2.05, 4.69) is 47.9 Å². The molecule has 0 radical (unpaired) electrons. The van der Waals surface area contributed by atoms with Crippen LogP contribution in [0, 0.1) is 6.92 Å². The number of nitrogens with zero attached hydrogens (tertiary/aromatic N) is 2. The summed E-state index contributed by atoms with van der Waals surface area (Å²) in [7, 11) is 0. The normalized spacial score (nSPS) is 11.0. The standard InChI is InChI=1S/C23H22N2O2/c1-3-27-23(26)22-21(24-14-6-7-15-24)19-8-4-5-9-20(19)25(22)16-18-12-10-17(2)11-13-18/h4-15H,3,16H2,1-2H3. The Morgan fingerprint density at radius 1 is 0.963 bits per heavy atom. The van der Waals surface area contributed by atoms with Gasteiger partial charge in [0, 0.05) is 24.3 Å². The second-order valence-electron chi connectivity index (χ2n) is 6.60. The quantitative estimate of drug-likeness (QED) is 0.473. The Kier molecular flexibility index (Phi) is 4.55. The lowest BCUT2D eigenvalue weighted by atomic mass is 10.1. The van der Waals surface area contributed by atoms with Gasteiger partial charge in [-0.3, -0.25) is 0 Å². The van der Waals surface area contributed by atoms with E-state index in [1.165, 1.54) is 5.56 Å². The van der Waals surface area contributed by atoms with Crippen LogP contribution in [0.25, 0.3) is 16.6 Å². The van der Waals surface area contributed by atoms with Crippen LogP contribution in [0.3, 0.4) is 0 Å². The van der Waals surface area contributed by atoms with Gasteiger partial charge in [-0.15, -0.1) is 0 Å². The van der Waals surface area contributed by atoms with E-state index in [0.29, 0.717) is 18.8 Å². The summed E-state index contributed by atoms with van der Waals surface area (Å²) in [5.41, 5.74) is 4.82. The molecule has 0 aliphatic rings. The molecule has 2 aromatic carbocycles. The molecule has 0 fully saturated rings. The number of rotatable bonds is 5. The molecule has 4 rings (SSSR count). The van der Waals surface area contributed by atoms with Gasteiger partial charge in [0.2, 0.25) is 0 Å². The predicted molar refractivity (Wildman–Crippen MR) is 108 cm³/mol. The molecule has 0 spiro atoms. The summed E-state index contributed by atoms with van der Waals surface area (Å²) in [6, 6.07) is 20.4. The number of ether oxygens (including phenoxy) is 1. The third-order valence-electron chi connectivity index (χ3n) is 4.74. The molecule has 27 heavy (non-hydrogen) atoms. The largest absolute Gasteiger partial charge is 0.461 e. The number of aryl methyl sites for hydroxylation is 1. The number of hydrogen-bond acceptors (Lipinski definition) is 2. The number of fused-ring (bicyclic) bond motifs is 1. The van der Waals surface area contributed by atoms with Gasteiger partial charge in [-0.05, 0) is 37.6 Å². The van der Waals surface area contributed by atoms with Crippen LogP contribution in [0.4, 0.5) is 0 Å². The Bertz CT molecular complexity index is 1070. The first-order valence-corrected chi connectivity index (χ1v) is 9.16. The van der Waals surface area contributed by atoms with Gasteiger partial charge in [0.25, 0.3) is 0 Å². The number of benzene rings is 2. The van der Waals surface area contributed by atoms with Gasteiger partial charge in [0.15, 0.2) is 5.69 Å². The van der Waals surface area contributed by atoms with Gasteiger partial charge in [-0.1, -0.05) is 48.0 Å². The van der Waals surface area contributed by atoms with Crippen molar-refractivity contribution in [3.63, 3.8) is 0 Å². The van der Waals surface area contributed by atoms with E-state index < -0.39 is 0 Å². The summed E-state index contributed by atoms with van der Waals surface area (Å²) < 4.78 is 9.47.